The predicted octanol–water partition coefficient (Wildman–Crippen LogP) is 3.85. The Hall–Kier alpha value is -1.96. The molecule has 2 unspecified atom stereocenters. The maximum Gasteiger partial charge on any atom is 0.169 e. The fourth-order valence-electron chi connectivity index (χ4n) is 2.58. The van der Waals surface area contributed by atoms with Crippen LogP contribution in [0.15, 0.2) is 30.3 Å². The van der Waals surface area contributed by atoms with Crippen LogP contribution in [-0.4, -0.2) is 16.8 Å². The van der Waals surface area contributed by atoms with Crippen molar-refractivity contribution in [2.24, 2.45) is 0 Å². The topological polar surface area (TPSA) is 52.5 Å². The summed E-state index contributed by atoms with van der Waals surface area (Å²) in [5.41, 5.74) is 0.304. The highest BCUT2D eigenvalue weighted by Crippen LogP contribution is 2.27. The lowest BCUT2D eigenvalue weighted by Gasteiger charge is -2.24. The molecular formula is C19H21F4NO2. The van der Waals surface area contributed by atoms with Crippen molar-refractivity contribution in [3.63, 3.8) is 0 Å². The average Bonchev–Trinajstić information content (AvgIpc) is 2.57. The van der Waals surface area contributed by atoms with Gasteiger partial charge < -0.3 is 10.2 Å². The lowest BCUT2D eigenvalue weighted by Crippen LogP contribution is -2.30. The summed E-state index contributed by atoms with van der Waals surface area (Å²) in [6.07, 6.45) is -2.06. The first-order valence-corrected chi connectivity index (χ1v) is 8.04. The summed E-state index contributed by atoms with van der Waals surface area (Å²) in [5.74, 6) is -6.61. The number of aliphatic hydroxyl groups is 2. The molecule has 26 heavy (non-hydrogen) atoms. The molecule has 0 spiro atoms. The summed E-state index contributed by atoms with van der Waals surface area (Å²) in [4.78, 5) is 0. The molecule has 2 rings (SSSR count). The second-order valence-corrected chi connectivity index (χ2v) is 7.06. The Labute approximate surface area is 149 Å². The van der Waals surface area contributed by atoms with Gasteiger partial charge in [-0.3, -0.25) is 5.32 Å². The van der Waals surface area contributed by atoms with Gasteiger partial charge >= 0.3 is 0 Å². The summed E-state index contributed by atoms with van der Waals surface area (Å²) in [7, 11) is 0. The zero-order valence-electron chi connectivity index (χ0n) is 14.7. The van der Waals surface area contributed by atoms with Crippen molar-refractivity contribution < 1.29 is 27.8 Å². The van der Waals surface area contributed by atoms with Gasteiger partial charge in [-0.2, -0.15) is 0 Å². The fraction of sp³-hybridized carbons (Fsp3) is 0.368. The number of aliphatic hydroxyl groups excluding tert-OH is 2. The van der Waals surface area contributed by atoms with Gasteiger partial charge in [0.1, 0.15) is 6.23 Å². The Balaban J connectivity index is 2.28. The second kappa shape index (κ2) is 7.73. The summed E-state index contributed by atoms with van der Waals surface area (Å²) in [6, 6.07) is 6.21. The van der Waals surface area contributed by atoms with E-state index in [9.17, 15) is 27.8 Å². The molecule has 0 amide bonds. The highest BCUT2D eigenvalue weighted by molar-refractivity contribution is 5.30. The number of benzene rings is 2. The lowest BCUT2D eigenvalue weighted by atomic mass is 9.86. The van der Waals surface area contributed by atoms with Crippen LogP contribution in [0.3, 0.4) is 0 Å². The number of rotatable bonds is 5. The molecule has 2 atom stereocenters. The van der Waals surface area contributed by atoms with Crippen LogP contribution >= 0.6 is 0 Å². The molecule has 0 saturated carbocycles. The van der Waals surface area contributed by atoms with Gasteiger partial charge in [0.05, 0.1) is 18.2 Å². The van der Waals surface area contributed by atoms with Gasteiger partial charge in [0.25, 0.3) is 0 Å². The van der Waals surface area contributed by atoms with E-state index in [-0.39, 0.29) is 11.5 Å². The Bertz CT molecular complexity index is 746. The Kier molecular flexibility index (Phi) is 6.05. The van der Waals surface area contributed by atoms with Crippen LogP contribution in [0.4, 0.5) is 17.6 Å². The van der Waals surface area contributed by atoms with E-state index < -0.39 is 47.7 Å². The molecular weight excluding hydrogens is 350 g/mol. The first kappa shape index (κ1) is 20.4. The average molecular weight is 371 g/mol. The SMILES string of the molecule is CC(C)(C)c1ccc(C(CO)NC(O)c2c(F)c(F)cc(F)c2F)cc1. The molecule has 0 aliphatic carbocycles. The molecule has 0 heterocycles. The van der Waals surface area contributed by atoms with Gasteiger partial charge in [-0.05, 0) is 16.5 Å². The largest absolute Gasteiger partial charge is 0.394 e. The molecule has 3 nitrogen and oxygen atoms in total. The third kappa shape index (κ3) is 4.23. The minimum atomic E-state index is -2.06. The zero-order chi connectivity index (χ0) is 19.6. The van der Waals surface area contributed by atoms with Crippen LogP contribution in [0.25, 0.3) is 0 Å². The van der Waals surface area contributed by atoms with E-state index in [1.165, 1.54) is 0 Å². The minimum Gasteiger partial charge on any atom is -0.394 e. The Morgan fingerprint density at radius 1 is 0.962 bits per heavy atom. The third-order valence-electron chi connectivity index (χ3n) is 4.14. The van der Waals surface area contributed by atoms with Crippen LogP contribution in [0.5, 0.6) is 0 Å². The van der Waals surface area contributed by atoms with E-state index in [1.54, 1.807) is 12.1 Å². The molecule has 2 aromatic carbocycles. The van der Waals surface area contributed by atoms with Crippen molar-refractivity contribution in [2.75, 3.05) is 6.61 Å². The van der Waals surface area contributed by atoms with Crippen LogP contribution < -0.4 is 5.32 Å². The summed E-state index contributed by atoms with van der Waals surface area (Å²) < 4.78 is 54.2. The minimum absolute atomic E-state index is 0.0651. The number of hydrogen-bond donors (Lipinski definition) is 3. The maximum absolute atomic E-state index is 13.8. The Morgan fingerprint density at radius 3 is 1.88 bits per heavy atom. The zero-order valence-corrected chi connectivity index (χ0v) is 14.7. The molecule has 0 aliphatic heterocycles. The first-order chi connectivity index (χ1) is 12.1. The van der Waals surface area contributed by atoms with E-state index >= 15 is 0 Å². The second-order valence-electron chi connectivity index (χ2n) is 7.06. The quantitative estimate of drug-likeness (QED) is 0.425. The first-order valence-electron chi connectivity index (χ1n) is 8.04. The monoisotopic (exact) mass is 371 g/mol. The molecule has 0 saturated heterocycles. The van der Waals surface area contributed by atoms with Crippen LogP contribution in [-0.2, 0) is 5.41 Å². The van der Waals surface area contributed by atoms with Crippen LogP contribution in [0, 0.1) is 23.3 Å². The van der Waals surface area contributed by atoms with Crippen LogP contribution in [0.2, 0.25) is 0 Å². The standard InChI is InChI=1S/C19H21F4NO2/c1-19(2,3)11-6-4-10(5-7-11)14(9-25)24-18(26)15-16(22)12(20)8-13(21)17(15)23/h4-8,14,18,24-26H,9H2,1-3H3. The van der Waals surface area contributed by atoms with Gasteiger partial charge in [0.2, 0.25) is 0 Å². The highest BCUT2D eigenvalue weighted by atomic mass is 19.2. The van der Waals surface area contributed by atoms with Crippen molar-refractivity contribution in [1.29, 1.82) is 0 Å². The molecule has 7 heteroatoms. The summed E-state index contributed by atoms with van der Waals surface area (Å²) in [5, 5.41) is 22.0. The van der Waals surface area contributed by atoms with Gasteiger partial charge in [0, 0.05) is 6.07 Å². The van der Waals surface area contributed by atoms with E-state index in [0.29, 0.717) is 5.56 Å². The molecule has 2 aromatic rings. The van der Waals surface area contributed by atoms with Crippen molar-refractivity contribution >= 4 is 0 Å². The number of hydrogen-bond acceptors (Lipinski definition) is 3. The van der Waals surface area contributed by atoms with E-state index in [4.69, 9.17) is 0 Å². The lowest BCUT2D eigenvalue weighted by molar-refractivity contribution is 0.0957. The molecule has 0 aliphatic rings. The molecule has 0 radical (unpaired) electrons. The molecule has 0 aromatic heterocycles. The van der Waals surface area contributed by atoms with E-state index in [2.05, 4.69) is 5.32 Å². The predicted molar refractivity (Wildman–Crippen MR) is 89.3 cm³/mol. The van der Waals surface area contributed by atoms with Crippen LogP contribution in [0.1, 0.15) is 49.7 Å². The smallest absolute Gasteiger partial charge is 0.169 e. The molecule has 0 fully saturated rings. The number of halogens is 4. The highest BCUT2D eigenvalue weighted by Gasteiger charge is 2.27. The molecule has 142 valence electrons. The van der Waals surface area contributed by atoms with Crippen molar-refractivity contribution in [3.8, 4) is 0 Å². The molecule has 0 bridgehead atoms. The normalized spacial score (nSPS) is 14.3. The third-order valence-corrected chi connectivity index (χ3v) is 4.14. The van der Waals surface area contributed by atoms with Gasteiger partial charge in [-0.15, -0.1) is 0 Å². The fourth-order valence-corrected chi connectivity index (χ4v) is 2.58. The summed E-state index contributed by atoms with van der Waals surface area (Å²) in [6.45, 7) is 5.57. The molecule has 3 N–H and O–H groups in total. The van der Waals surface area contributed by atoms with E-state index in [0.717, 1.165) is 5.56 Å². The number of nitrogens with one attached hydrogen (secondary N) is 1. The van der Waals surface area contributed by atoms with Crippen molar-refractivity contribution in [3.05, 3.63) is 70.3 Å². The maximum atomic E-state index is 13.8. The van der Waals surface area contributed by atoms with E-state index in [1.807, 2.05) is 32.9 Å². The van der Waals surface area contributed by atoms with Gasteiger partial charge in [-0.1, -0.05) is 45.0 Å². The van der Waals surface area contributed by atoms with Gasteiger partial charge in [-0.25, -0.2) is 17.6 Å². The van der Waals surface area contributed by atoms with Crippen molar-refractivity contribution in [1.82, 2.24) is 5.32 Å². The Morgan fingerprint density at radius 2 is 1.46 bits per heavy atom. The van der Waals surface area contributed by atoms with Gasteiger partial charge in [0.15, 0.2) is 23.3 Å². The summed E-state index contributed by atoms with van der Waals surface area (Å²) >= 11 is 0. The van der Waals surface area contributed by atoms with Crippen molar-refractivity contribution in [2.45, 2.75) is 38.5 Å².